The summed E-state index contributed by atoms with van der Waals surface area (Å²) < 4.78 is 21.8. The number of halogens is 1. The first-order valence-electron chi connectivity index (χ1n) is 7.40. The minimum absolute atomic E-state index is 0.200. The van der Waals surface area contributed by atoms with Crippen LogP contribution >= 0.6 is 15.9 Å². The lowest BCUT2D eigenvalue weighted by atomic mass is 10.1. The van der Waals surface area contributed by atoms with E-state index in [9.17, 15) is 4.79 Å². The van der Waals surface area contributed by atoms with Crippen molar-refractivity contribution < 1.29 is 23.7 Å². The second-order valence-corrected chi connectivity index (χ2v) is 6.15. The Morgan fingerprint density at radius 3 is 2.80 bits per heavy atom. The molecule has 7 heteroatoms. The van der Waals surface area contributed by atoms with Crippen molar-refractivity contribution in [2.75, 3.05) is 13.9 Å². The van der Waals surface area contributed by atoms with Crippen molar-refractivity contribution in [2.45, 2.75) is 0 Å². The average molecular weight is 402 g/mol. The van der Waals surface area contributed by atoms with Gasteiger partial charge in [-0.05, 0) is 57.9 Å². The van der Waals surface area contributed by atoms with E-state index in [1.54, 1.807) is 43.5 Å². The number of esters is 1. The molecule has 2 aliphatic heterocycles. The van der Waals surface area contributed by atoms with E-state index in [2.05, 4.69) is 20.9 Å². The van der Waals surface area contributed by atoms with Gasteiger partial charge in [0.1, 0.15) is 5.75 Å². The molecule has 0 fully saturated rings. The summed E-state index contributed by atoms with van der Waals surface area (Å²) >= 11 is 3.44. The zero-order valence-electron chi connectivity index (χ0n) is 13.1. The maximum absolute atomic E-state index is 12.1. The summed E-state index contributed by atoms with van der Waals surface area (Å²) in [5.74, 6) is 1.75. The van der Waals surface area contributed by atoms with Gasteiger partial charge in [-0.1, -0.05) is 6.07 Å². The molecule has 2 heterocycles. The highest BCUT2D eigenvalue weighted by Gasteiger charge is 2.26. The summed E-state index contributed by atoms with van der Waals surface area (Å²) in [5, 5.41) is 0. The molecule has 0 saturated heterocycles. The van der Waals surface area contributed by atoms with Crippen LogP contribution in [0.15, 0.2) is 51.6 Å². The molecule has 4 rings (SSSR count). The molecule has 2 aromatic rings. The van der Waals surface area contributed by atoms with Crippen LogP contribution in [-0.4, -0.2) is 25.8 Å². The lowest BCUT2D eigenvalue weighted by molar-refractivity contribution is -0.129. The number of benzene rings is 2. The van der Waals surface area contributed by atoms with Crippen LogP contribution in [-0.2, 0) is 9.53 Å². The molecular formula is C18H12BrNO5. The van der Waals surface area contributed by atoms with Gasteiger partial charge in [0.05, 0.1) is 12.7 Å². The van der Waals surface area contributed by atoms with E-state index in [0.29, 0.717) is 22.8 Å². The maximum Gasteiger partial charge on any atom is 0.363 e. The first kappa shape index (κ1) is 15.7. The Labute approximate surface area is 151 Å². The highest BCUT2D eigenvalue weighted by molar-refractivity contribution is 9.10. The van der Waals surface area contributed by atoms with Gasteiger partial charge in [-0.25, -0.2) is 9.79 Å². The van der Waals surface area contributed by atoms with Crippen LogP contribution < -0.4 is 14.2 Å². The van der Waals surface area contributed by atoms with Crippen molar-refractivity contribution in [3.8, 4) is 17.2 Å². The number of ether oxygens (including phenoxy) is 4. The zero-order chi connectivity index (χ0) is 17.4. The Hall–Kier alpha value is -2.80. The first-order chi connectivity index (χ1) is 12.1. The molecule has 0 aromatic heterocycles. The van der Waals surface area contributed by atoms with Crippen LogP contribution in [0.25, 0.3) is 6.08 Å². The minimum Gasteiger partial charge on any atom is -0.497 e. The number of hydrogen-bond acceptors (Lipinski definition) is 6. The van der Waals surface area contributed by atoms with E-state index in [-0.39, 0.29) is 18.4 Å². The Balaban J connectivity index is 1.66. The van der Waals surface area contributed by atoms with Gasteiger partial charge in [0.2, 0.25) is 12.7 Å². The molecule has 0 spiro atoms. The molecule has 0 saturated carbocycles. The van der Waals surface area contributed by atoms with Crippen molar-refractivity contribution in [3.63, 3.8) is 0 Å². The number of fused-ring (bicyclic) bond motifs is 1. The molecular weight excluding hydrogens is 390 g/mol. The van der Waals surface area contributed by atoms with Gasteiger partial charge >= 0.3 is 5.97 Å². The van der Waals surface area contributed by atoms with Crippen LogP contribution in [0.4, 0.5) is 0 Å². The van der Waals surface area contributed by atoms with Gasteiger partial charge in [0.25, 0.3) is 0 Å². The fourth-order valence-corrected chi connectivity index (χ4v) is 3.01. The largest absolute Gasteiger partial charge is 0.497 e. The van der Waals surface area contributed by atoms with Crippen LogP contribution in [0, 0.1) is 0 Å². The van der Waals surface area contributed by atoms with Gasteiger partial charge in [0.15, 0.2) is 17.2 Å². The highest BCUT2D eigenvalue weighted by Crippen LogP contribution is 2.34. The second-order valence-electron chi connectivity index (χ2n) is 5.29. The molecule has 0 atom stereocenters. The third-order valence-corrected chi connectivity index (χ3v) is 4.38. The van der Waals surface area contributed by atoms with Crippen molar-refractivity contribution in [1.82, 2.24) is 0 Å². The third-order valence-electron chi connectivity index (χ3n) is 3.73. The number of nitrogens with zero attached hydrogens (tertiary/aromatic N) is 1. The molecule has 0 unspecified atom stereocenters. The van der Waals surface area contributed by atoms with Gasteiger partial charge < -0.3 is 18.9 Å². The summed E-state index contributed by atoms with van der Waals surface area (Å²) in [6.45, 7) is 0.200. The smallest absolute Gasteiger partial charge is 0.363 e. The summed E-state index contributed by atoms with van der Waals surface area (Å²) in [7, 11) is 1.58. The van der Waals surface area contributed by atoms with E-state index in [1.165, 1.54) is 0 Å². The molecule has 2 aromatic carbocycles. The number of aliphatic imine (C=N–C) groups is 1. The van der Waals surface area contributed by atoms with Crippen LogP contribution in [0.5, 0.6) is 17.2 Å². The van der Waals surface area contributed by atoms with Crippen LogP contribution in [0.1, 0.15) is 11.1 Å². The van der Waals surface area contributed by atoms with Gasteiger partial charge in [-0.3, -0.25) is 0 Å². The van der Waals surface area contributed by atoms with Crippen molar-refractivity contribution in [2.24, 2.45) is 4.99 Å². The molecule has 25 heavy (non-hydrogen) atoms. The Morgan fingerprint density at radius 1 is 1.16 bits per heavy atom. The molecule has 0 aliphatic carbocycles. The summed E-state index contributed by atoms with van der Waals surface area (Å²) in [6, 6.07) is 10.7. The lowest BCUT2D eigenvalue weighted by Gasteiger charge is -2.05. The monoisotopic (exact) mass is 401 g/mol. The Kier molecular flexibility index (Phi) is 3.93. The third kappa shape index (κ3) is 2.98. The lowest BCUT2D eigenvalue weighted by Crippen LogP contribution is -2.06. The van der Waals surface area contributed by atoms with Gasteiger partial charge in [-0.15, -0.1) is 0 Å². The van der Waals surface area contributed by atoms with E-state index in [4.69, 9.17) is 18.9 Å². The van der Waals surface area contributed by atoms with E-state index in [1.807, 2.05) is 6.07 Å². The first-order valence-corrected chi connectivity index (χ1v) is 8.19. The van der Waals surface area contributed by atoms with Crippen LogP contribution in [0.2, 0.25) is 0 Å². The second kappa shape index (κ2) is 6.25. The standard InChI is InChI=1S/C18H12BrNO5/c1-22-11-3-4-12(13(19)8-11)17-20-14(18(21)25-17)6-10-2-5-15-16(7-10)24-9-23-15/h2-8H,9H2,1H3/b14-6+. The number of rotatable bonds is 3. The molecule has 2 aliphatic rings. The van der Waals surface area contributed by atoms with Crippen LogP contribution in [0.3, 0.4) is 0 Å². The Morgan fingerprint density at radius 2 is 2.00 bits per heavy atom. The predicted octanol–water partition coefficient (Wildman–Crippen LogP) is 3.53. The normalized spacial score (nSPS) is 16.8. The molecule has 0 N–H and O–H groups in total. The minimum atomic E-state index is -0.504. The molecule has 6 nitrogen and oxygen atoms in total. The van der Waals surface area contributed by atoms with Gasteiger partial charge in [0, 0.05) is 4.47 Å². The summed E-state index contributed by atoms with van der Waals surface area (Å²) in [4.78, 5) is 16.4. The number of methoxy groups -OCH3 is 1. The number of carbonyl (C=O) groups excluding carboxylic acids is 1. The highest BCUT2D eigenvalue weighted by atomic mass is 79.9. The number of carbonyl (C=O) groups is 1. The van der Waals surface area contributed by atoms with Crippen molar-refractivity contribution >= 4 is 33.9 Å². The molecule has 126 valence electrons. The van der Waals surface area contributed by atoms with Crippen molar-refractivity contribution in [1.29, 1.82) is 0 Å². The number of hydrogen-bond donors (Lipinski definition) is 0. The fourth-order valence-electron chi connectivity index (χ4n) is 2.48. The quantitative estimate of drug-likeness (QED) is 0.581. The SMILES string of the molecule is COc1ccc(C2=N/C(=C/c3ccc4c(c3)OCO4)C(=O)O2)c(Br)c1. The predicted molar refractivity (Wildman–Crippen MR) is 93.9 cm³/mol. The molecule has 0 amide bonds. The van der Waals surface area contributed by atoms with E-state index in [0.717, 1.165) is 10.0 Å². The Bertz CT molecular complexity index is 935. The topological polar surface area (TPSA) is 66.3 Å². The summed E-state index contributed by atoms with van der Waals surface area (Å²) in [6.07, 6.45) is 1.65. The maximum atomic E-state index is 12.1. The van der Waals surface area contributed by atoms with Gasteiger partial charge in [-0.2, -0.15) is 0 Å². The van der Waals surface area contributed by atoms with E-state index < -0.39 is 5.97 Å². The van der Waals surface area contributed by atoms with E-state index >= 15 is 0 Å². The average Bonchev–Trinajstić information content (AvgIpc) is 3.21. The fraction of sp³-hybridized carbons (Fsp3) is 0.111. The molecule has 0 radical (unpaired) electrons. The van der Waals surface area contributed by atoms with Crippen molar-refractivity contribution in [3.05, 3.63) is 57.7 Å². The molecule has 0 bridgehead atoms. The zero-order valence-corrected chi connectivity index (χ0v) is 14.7. The summed E-state index contributed by atoms with van der Waals surface area (Å²) in [5.41, 5.74) is 1.66. The number of cyclic esters (lactones) is 1.